The highest BCUT2D eigenvalue weighted by Crippen LogP contribution is 2.35. The van der Waals surface area contributed by atoms with Crippen molar-refractivity contribution in [1.82, 2.24) is 9.29 Å². The number of hydrogen-bond donors (Lipinski definition) is 1. The summed E-state index contributed by atoms with van der Waals surface area (Å²) in [7, 11) is -4.74. The molecule has 3 aromatic rings. The number of nitrogens with one attached hydrogen (secondary N) is 1. The average molecular weight is 469 g/mol. The maximum absolute atomic E-state index is 14.1. The van der Waals surface area contributed by atoms with Crippen LogP contribution in [0.5, 0.6) is 0 Å². The lowest BCUT2D eigenvalue weighted by atomic mass is 10.1. The lowest BCUT2D eigenvalue weighted by molar-refractivity contribution is -0.559. The zero-order chi connectivity index (χ0) is 24.0. The van der Waals surface area contributed by atoms with E-state index in [4.69, 9.17) is 0 Å². The molecule has 0 spiro atoms. The predicted molar refractivity (Wildman–Crippen MR) is 114 cm³/mol. The Labute approximate surface area is 183 Å². The topological polar surface area (TPSA) is 94.2 Å². The number of para-hydroxylation sites is 1. The molecule has 11 heteroatoms. The first kappa shape index (κ1) is 23.7. The van der Waals surface area contributed by atoms with Crippen molar-refractivity contribution < 1.29 is 26.5 Å². The number of nitrogens with zero attached hydrogens (tertiary/aromatic N) is 2. The maximum atomic E-state index is 14.1. The van der Waals surface area contributed by atoms with E-state index in [0.717, 1.165) is 10.1 Å². The van der Waals surface area contributed by atoms with Crippen LogP contribution in [-0.2, 0) is 10.0 Å². The summed E-state index contributed by atoms with van der Waals surface area (Å²) in [5.41, 5.74) is 1.63. The summed E-state index contributed by atoms with van der Waals surface area (Å²) in [6, 6.07) is 7.83. The first-order valence-corrected chi connectivity index (χ1v) is 11.1. The van der Waals surface area contributed by atoms with Crippen LogP contribution in [0.15, 0.2) is 47.4 Å². The van der Waals surface area contributed by atoms with Gasteiger partial charge in [-0.15, -0.1) is 0 Å². The molecule has 1 aromatic heterocycles. The lowest BCUT2D eigenvalue weighted by Crippen LogP contribution is -2.53. The van der Waals surface area contributed by atoms with E-state index in [9.17, 15) is 31.7 Å². The van der Waals surface area contributed by atoms with Crippen molar-refractivity contribution >= 4 is 20.9 Å². The summed E-state index contributed by atoms with van der Waals surface area (Å²) in [5.74, 6) is 0. The molecule has 2 atom stereocenters. The Morgan fingerprint density at radius 1 is 1.03 bits per heavy atom. The van der Waals surface area contributed by atoms with Gasteiger partial charge >= 0.3 is 12.3 Å². The fraction of sp³-hybridized carbons (Fsp3) is 0.333. The van der Waals surface area contributed by atoms with Crippen molar-refractivity contribution in [3.05, 3.63) is 75.0 Å². The Bertz CT molecular complexity index is 1280. The van der Waals surface area contributed by atoms with E-state index in [1.165, 1.54) is 45.0 Å². The molecular formula is C21H22F3N3O4S. The molecule has 0 saturated heterocycles. The molecule has 1 unspecified atom stereocenters. The third kappa shape index (κ3) is 4.35. The molecule has 1 heterocycles. The summed E-state index contributed by atoms with van der Waals surface area (Å²) in [4.78, 5) is 10.5. The third-order valence-corrected chi connectivity index (χ3v) is 6.97. The molecule has 0 aliphatic carbocycles. The number of halogens is 3. The van der Waals surface area contributed by atoms with E-state index in [1.807, 2.05) is 0 Å². The van der Waals surface area contributed by atoms with Gasteiger partial charge in [0.1, 0.15) is 0 Å². The highest BCUT2D eigenvalue weighted by atomic mass is 32.2. The smallest absolute Gasteiger partial charge is 0.281 e. The first-order valence-electron chi connectivity index (χ1n) is 9.61. The van der Waals surface area contributed by atoms with Gasteiger partial charge in [-0.3, -0.25) is 14.7 Å². The minimum atomic E-state index is -5.24. The number of fused-ring (bicyclic) bond motifs is 1. The van der Waals surface area contributed by atoms with E-state index < -0.39 is 33.3 Å². The molecule has 0 saturated carbocycles. The number of benzene rings is 2. The van der Waals surface area contributed by atoms with Crippen LogP contribution in [0.2, 0.25) is 0 Å². The van der Waals surface area contributed by atoms with Gasteiger partial charge in [-0.1, -0.05) is 35.9 Å². The molecular weight excluding hydrogens is 447 g/mol. The molecule has 0 bridgehead atoms. The Morgan fingerprint density at radius 2 is 1.59 bits per heavy atom. The second kappa shape index (κ2) is 8.21. The van der Waals surface area contributed by atoms with Crippen LogP contribution >= 0.6 is 0 Å². The van der Waals surface area contributed by atoms with Crippen molar-refractivity contribution in [3.63, 3.8) is 0 Å². The molecule has 32 heavy (non-hydrogen) atoms. The number of aryl methyl sites for hydroxylation is 4. The van der Waals surface area contributed by atoms with Crippen molar-refractivity contribution in [2.24, 2.45) is 0 Å². The van der Waals surface area contributed by atoms with Crippen LogP contribution in [0, 0.1) is 37.8 Å². The molecule has 0 radical (unpaired) electrons. The standard InChI is InChI=1S/C21H22F3N3O4S/c1-12-9-13(2)18(14(3)10-12)32(30,31)25-19(21(22,23)24)20(27(28)29)26-15(4)11-16-7-5-6-8-17(16)26/h5-11,19-20,25H,1-4H3/t19?,20-/m0/s1. The Balaban J connectivity index is 2.19. The normalized spacial score (nSPS) is 14.5. The SMILES string of the molecule is Cc1cc(C)c(S(=O)(=O)NC([C@@H](n2c(C)cc3ccccc32)[N+](=O)[O-])C(F)(F)F)c(C)c1. The zero-order valence-corrected chi connectivity index (χ0v) is 18.6. The van der Waals surface area contributed by atoms with Crippen molar-refractivity contribution in [1.29, 1.82) is 0 Å². The van der Waals surface area contributed by atoms with Crippen LogP contribution in [0.3, 0.4) is 0 Å². The Kier molecular flexibility index (Phi) is 6.09. The van der Waals surface area contributed by atoms with Gasteiger partial charge in [0.2, 0.25) is 16.1 Å². The van der Waals surface area contributed by atoms with Gasteiger partial charge in [0.05, 0.1) is 10.4 Å². The minimum absolute atomic E-state index is 0.197. The molecule has 2 aromatic carbocycles. The average Bonchev–Trinajstić information content (AvgIpc) is 2.95. The summed E-state index contributed by atoms with van der Waals surface area (Å²) in [6.07, 6.45) is -7.69. The molecule has 0 aliphatic heterocycles. The Hall–Kier alpha value is -2.92. The zero-order valence-electron chi connectivity index (χ0n) is 17.8. The van der Waals surface area contributed by atoms with Gasteiger partial charge in [0, 0.05) is 16.0 Å². The van der Waals surface area contributed by atoms with Gasteiger partial charge in [-0.25, -0.2) is 8.42 Å². The van der Waals surface area contributed by atoms with Gasteiger partial charge in [0.15, 0.2) is 0 Å². The second-order valence-electron chi connectivity index (χ2n) is 7.78. The van der Waals surface area contributed by atoms with E-state index in [-0.39, 0.29) is 27.2 Å². The van der Waals surface area contributed by atoms with Gasteiger partial charge < -0.3 is 0 Å². The summed E-state index contributed by atoms with van der Waals surface area (Å²) >= 11 is 0. The van der Waals surface area contributed by atoms with Crippen LogP contribution < -0.4 is 4.72 Å². The summed E-state index contributed by atoms with van der Waals surface area (Å²) in [6.45, 7) is 6.09. The number of sulfonamides is 1. The number of hydrogen-bond acceptors (Lipinski definition) is 4. The van der Waals surface area contributed by atoms with Crippen LogP contribution in [0.25, 0.3) is 10.9 Å². The molecule has 172 valence electrons. The quantitative estimate of drug-likeness (QED) is 0.423. The van der Waals surface area contributed by atoms with Crippen molar-refractivity contribution in [2.45, 2.75) is 51.0 Å². The maximum Gasteiger partial charge on any atom is 0.413 e. The van der Waals surface area contributed by atoms with Crippen LogP contribution in [-0.4, -0.2) is 30.1 Å². The largest absolute Gasteiger partial charge is 0.413 e. The number of nitro groups is 1. The van der Waals surface area contributed by atoms with Crippen LogP contribution in [0.4, 0.5) is 13.2 Å². The monoisotopic (exact) mass is 469 g/mol. The summed E-state index contributed by atoms with van der Waals surface area (Å²) in [5, 5.41) is 12.4. The number of alkyl halides is 3. The van der Waals surface area contributed by atoms with Crippen LogP contribution in [0.1, 0.15) is 28.6 Å². The minimum Gasteiger partial charge on any atom is -0.281 e. The number of rotatable bonds is 6. The molecule has 3 rings (SSSR count). The van der Waals surface area contributed by atoms with Crippen molar-refractivity contribution in [2.75, 3.05) is 0 Å². The second-order valence-corrected chi connectivity index (χ2v) is 9.43. The first-order chi connectivity index (χ1) is 14.7. The molecule has 0 amide bonds. The molecule has 1 N–H and O–H groups in total. The van der Waals surface area contributed by atoms with E-state index in [1.54, 1.807) is 29.8 Å². The number of aromatic nitrogens is 1. The Morgan fingerprint density at radius 3 is 2.12 bits per heavy atom. The molecule has 0 aliphatic rings. The lowest BCUT2D eigenvalue weighted by Gasteiger charge is -2.27. The highest BCUT2D eigenvalue weighted by Gasteiger charge is 2.54. The van der Waals surface area contributed by atoms with Crippen molar-refractivity contribution in [3.8, 4) is 0 Å². The predicted octanol–water partition coefficient (Wildman–Crippen LogP) is 4.56. The van der Waals surface area contributed by atoms with Gasteiger partial charge in [-0.05, 0) is 51.0 Å². The van der Waals surface area contributed by atoms with E-state index in [0.29, 0.717) is 5.39 Å². The van der Waals surface area contributed by atoms with E-state index >= 15 is 0 Å². The van der Waals surface area contributed by atoms with Gasteiger partial charge in [-0.2, -0.15) is 17.9 Å². The molecule has 7 nitrogen and oxygen atoms in total. The van der Waals surface area contributed by atoms with Gasteiger partial charge in [0.25, 0.3) is 0 Å². The third-order valence-electron chi connectivity index (χ3n) is 5.23. The molecule has 0 fully saturated rings. The highest BCUT2D eigenvalue weighted by molar-refractivity contribution is 7.89. The summed E-state index contributed by atoms with van der Waals surface area (Å²) < 4.78 is 71.0. The van der Waals surface area contributed by atoms with E-state index in [2.05, 4.69) is 0 Å². The fourth-order valence-electron chi connectivity index (χ4n) is 4.14. The fourth-order valence-corrected chi connectivity index (χ4v) is 5.82.